The van der Waals surface area contributed by atoms with Crippen LogP contribution in [-0.2, 0) is 6.61 Å². The molecule has 6 heteroatoms. The van der Waals surface area contributed by atoms with Crippen molar-refractivity contribution >= 4 is 29.0 Å². The van der Waals surface area contributed by atoms with Gasteiger partial charge in [-0.25, -0.2) is 4.98 Å². The molecule has 0 fully saturated rings. The van der Waals surface area contributed by atoms with E-state index < -0.39 is 0 Å². The lowest BCUT2D eigenvalue weighted by Crippen LogP contribution is -2.03. The van der Waals surface area contributed by atoms with Gasteiger partial charge < -0.3 is 9.15 Å². The SMILES string of the molecule is CC(=O)c1ccc(Cl)c(Cl)c1OCc1nc(C)c(C)o1. The Hall–Kier alpha value is -1.52. The Morgan fingerprint density at radius 2 is 2.05 bits per heavy atom. The number of halogens is 2. The van der Waals surface area contributed by atoms with Crippen molar-refractivity contribution in [2.75, 3.05) is 0 Å². The summed E-state index contributed by atoms with van der Waals surface area (Å²) in [4.78, 5) is 15.8. The van der Waals surface area contributed by atoms with Crippen LogP contribution in [0.25, 0.3) is 0 Å². The Kier molecular flexibility index (Phi) is 4.35. The molecule has 0 atom stereocenters. The summed E-state index contributed by atoms with van der Waals surface area (Å²) in [5.74, 6) is 1.25. The summed E-state index contributed by atoms with van der Waals surface area (Å²) in [5.41, 5.74) is 1.17. The number of carbonyl (C=O) groups excluding carboxylic acids is 1. The van der Waals surface area contributed by atoms with Crippen molar-refractivity contribution < 1.29 is 13.9 Å². The van der Waals surface area contributed by atoms with Gasteiger partial charge in [0.2, 0.25) is 5.89 Å². The Morgan fingerprint density at radius 3 is 2.60 bits per heavy atom. The number of carbonyl (C=O) groups is 1. The Balaban J connectivity index is 2.28. The van der Waals surface area contributed by atoms with Gasteiger partial charge in [0.05, 0.1) is 16.3 Å². The third-order valence-electron chi connectivity index (χ3n) is 2.84. The van der Waals surface area contributed by atoms with Crippen molar-refractivity contribution in [2.24, 2.45) is 0 Å². The summed E-state index contributed by atoms with van der Waals surface area (Å²) in [5, 5.41) is 0.533. The highest BCUT2D eigenvalue weighted by Gasteiger charge is 2.16. The average Bonchev–Trinajstić information content (AvgIpc) is 2.70. The molecule has 0 aliphatic rings. The van der Waals surface area contributed by atoms with E-state index in [0.717, 1.165) is 11.5 Å². The fraction of sp³-hybridized carbons (Fsp3) is 0.286. The molecule has 2 rings (SSSR count). The minimum Gasteiger partial charge on any atom is -0.481 e. The van der Waals surface area contributed by atoms with Crippen LogP contribution >= 0.6 is 23.2 Å². The smallest absolute Gasteiger partial charge is 0.232 e. The third-order valence-corrected chi connectivity index (χ3v) is 3.63. The summed E-state index contributed by atoms with van der Waals surface area (Å²) < 4.78 is 11.0. The van der Waals surface area contributed by atoms with Gasteiger partial charge in [-0.05, 0) is 32.9 Å². The Morgan fingerprint density at radius 1 is 1.35 bits per heavy atom. The predicted octanol–water partition coefficient (Wildman–Crippen LogP) is 4.38. The van der Waals surface area contributed by atoms with Gasteiger partial charge in [0.25, 0.3) is 0 Å². The van der Waals surface area contributed by atoms with Crippen LogP contribution in [0.15, 0.2) is 16.5 Å². The van der Waals surface area contributed by atoms with Gasteiger partial charge in [-0.2, -0.15) is 0 Å². The topological polar surface area (TPSA) is 52.3 Å². The second kappa shape index (κ2) is 5.85. The molecule has 106 valence electrons. The van der Waals surface area contributed by atoms with Crippen LogP contribution < -0.4 is 4.74 Å². The van der Waals surface area contributed by atoms with Crippen molar-refractivity contribution in [3.63, 3.8) is 0 Å². The van der Waals surface area contributed by atoms with E-state index >= 15 is 0 Å². The second-order valence-corrected chi connectivity index (χ2v) is 5.12. The molecule has 0 radical (unpaired) electrons. The van der Waals surface area contributed by atoms with Gasteiger partial charge in [0.15, 0.2) is 18.1 Å². The maximum absolute atomic E-state index is 11.6. The van der Waals surface area contributed by atoms with Crippen molar-refractivity contribution in [2.45, 2.75) is 27.4 Å². The molecular formula is C14H13Cl2NO3. The van der Waals surface area contributed by atoms with Crippen molar-refractivity contribution in [3.8, 4) is 5.75 Å². The highest BCUT2D eigenvalue weighted by atomic mass is 35.5. The molecule has 0 amide bonds. The molecule has 0 aliphatic carbocycles. The molecule has 1 aromatic carbocycles. The van der Waals surface area contributed by atoms with Crippen LogP contribution in [0.3, 0.4) is 0 Å². The fourth-order valence-corrected chi connectivity index (χ4v) is 2.05. The standard InChI is InChI=1S/C14H13Cl2NO3/c1-7-9(3)20-12(17-7)6-19-14-10(8(2)18)4-5-11(15)13(14)16/h4-5H,6H2,1-3H3. The van der Waals surface area contributed by atoms with E-state index in [2.05, 4.69) is 4.98 Å². The number of rotatable bonds is 4. The van der Waals surface area contributed by atoms with E-state index in [1.807, 2.05) is 13.8 Å². The van der Waals surface area contributed by atoms with Crippen LogP contribution in [-0.4, -0.2) is 10.8 Å². The van der Waals surface area contributed by atoms with Gasteiger partial charge in [-0.15, -0.1) is 0 Å². The third kappa shape index (κ3) is 2.97. The number of benzene rings is 1. The Labute approximate surface area is 126 Å². The normalized spacial score (nSPS) is 10.7. The van der Waals surface area contributed by atoms with E-state index in [4.69, 9.17) is 32.4 Å². The molecule has 20 heavy (non-hydrogen) atoms. The highest BCUT2D eigenvalue weighted by Crippen LogP contribution is 2.36. The van der Waals surface area contributed by atoms with E-state index in [0.29, 0.717) is 16.5 Å². The minimum atomic E-state index is -0.154. The molecule has 0 bridgehead atoms. The monoisotopic (exact) mass is 313 g/mol. The molecule has 0 spiro atoms. The molecule has 1 heterocycles. The van der Waals surface area contributed by atoms with E-state index in [9.17, 15) is 4.79 Å². The van der Waals surface area contributed by atoms with Gasteiger partial charge in [-0.1, -0.05) is 23.2 Å². The molecule has 4 nitrogen and oxygen atoms in total. The zero-order valence-electron chi connectivity index (χ0n) is 11.3. The summed E-state index contributed by atoms with van der Waals surface area (Å²) in [7, 11) is 0. The van der Waals surface area contributed by atoms with Crippen molar-refractivity contribution in [1.29, 1.82) is 0 Å². The number of hydrogen-bond donors (Lipinski definition) is 0. The predicted molar refractivity (Wildman–Crippen MR) is 76.8 cm³/mol. The van der Waals surface area contributed by atoms with E-state index in [1.165, 1.54) is 6.92 Å². The molecule has 1 aromatic heterocycles. The summed E-state index contributed by atoms with van der Waals surface area (Å²) >= 11 is 12.0. The molecule has 0 saturated heterocycles. The van der Waals surface area contributed by atoms with Gasteiger partial charge in [0, 0.05) is 0 Å². The number of nitrogens with zero attached hydrogens (tertiary/aromatic N) is 1. The lowest BCUT2D eigenvalue weighted by molar-refractivity contribution is 0.101. The van der Waals surface area contributed by atoms with Crippen molar-refractivity contribution in [1.82, 2.24) is 4.98 Å². The molecule has 0 unspecified atom stereocenters. The first-order valence-corrected chi connectivity index (χ1v) is 6.70. The molecule has 0 N–H and O–H groups in total. The average molecular weight is 314 g/mol. The number of ether oxygens (including phenoxy) is 1. The van der Waals surface area contributed by atoms with E-state index in [-0.39, 0.29) is 23.2 Å². The van der Waals surface area contributed by atoms with Crippen molar-refractivity contribution in [3.05, 3.63) is 45.1 Å². The zero-order valence-corrected chi connectivity index (χ0v) is 12.8. The summed E-state index contributed by atoms with van der Waals surface area (Å²) in [6, 6.07) is 3.14. The fourth-order valence-electron chi connectivity index (χ4n) is 1.69. The molecule has 0 saturated carbocycles. The number of oxazole rings is 1. The first-order chi connectivity index (χ1) is 9.40. The van der Waals surface area contributed by atoms with Gasteiger partial charge in [-0.3, -0.25) is 4.79 Å². The largest absolute Gasteiger partial charge is 0.481 e. The van der Waals surface area contributed by atoms with Gasteiger partial charge >= 0.3 is 0 Å². The summed E-state index contributed by atoms with van der Waals surface area (Å²) in [6.07, 6.45) is 0. The van der Waals surface area contributed by atoms with Crippen LogP contribution in [0.5, 0.6) is 5.75 Å². The zero-order chi connectivity index (χ0) is 14.9. The van der Waals surface area contributed by atoms with Crippen LogP contribution in [0.1, 0.15) is 34.6 Å². The number of ketones is 1. The first kappa shape index (κ1) is 14.9. The number of Topliss-reactive ketones (excluding diaryl/α,β-unsaturated/α-hetero) is 1. The first-order valence-electron chi connectivity index (χ1n) is 5.94. The molecule has 2 aromatic rings. The number of aromatic nitrogens is 1. The Bertz CT molecular complexity index is 645. The minimum absolute atomic E-state index is 0.0784. The maximum atomic E-state index is 11.6. The van der Waals surface area contributed by atoms with E-state index in [1.54, 1.807) is 12.1 Å². The number of hydrogen-bond acceptors (Lipinski definition) is 4. The van der Waals surface area contributed by atoms with Crippen LogP contribution in [0, 0.1) is 13.8 Å². The number of aryl methyl sites for hydroxylation is 2. The quantitative estimate of drug-likeness (QED) is 0.786. The summed E-state index contributed by atoms with van der Waals surface area (Å²) in [6.45, 7) is 5.18. The lowest BCUT2D eigenvalue weighted by atomic mass is 10.1. The lowest BCUT2D eigenvalue weighted by Gasteiger charge is -2.11. The van der Waals surface area contributed by atoms with Crippen LogP contribution in [0.4, 0.5) is 0 Å². The maximum Gasteiger partial charge on any atom is 0.232 e. The molecule has 0 aliphatic heterocycles. The highest BCUT2D eigenvalue weighted by molar-refractivity contribution is 6.43. The molecular weight excluding hydrogens is 301 g/mol. The van der Waals surface area contributed by atoms with Gasteiger partial charge in [0.1, 0.15) is 10.8 Å². The second-order valence-electron chi connectivity index (χ2n) is 4.33. The van der Waals surface area contributed by atoms with Crippen LogP contribution in [0.2, 0.25) is 10.0 Å².